The number of aromatic nitrogens is 2. The number of nitrogens with zero attached hydrogens (tertiary/aromatic N) is 1. The Balaban J connectivity index is 2.00. The lowest BCUT2D eigenvalue weighted by Crippen LogP contribution is -2.12. The predicted molar refractivity (Wildman–Crippen MR) is 122 cm³/mol. The predicted octanol–water partition coefficient (Wildman–Crippen LogP) is 3.49. The minimum Gasteiger partial charge on any atom is -0.507 e. The van der Waals surface area contributed by atoms with Crippen molar-refractivity contribution in [2.24, 2.45) is 5.73 Å². The van der Waals surface area contributed by atoms with Gasteiger partial charge in [0.25, 0.3) is 0 Å². The van der Waals surface area contributed by atoms with Crippen molar-refractivity contribution in [1.29, 1.82) is 5.41 Å². The first-order chi connectivity index (χ1) is 16.2. The highest BCUT2D eigenvalue weighted by molar-refractivity contribution is 5.98. The number of carboxylic acids is 1. The molecule has 10 heteroatoms. The average Bonchev–Trinajstić information content (AvgIpc) is 3.22. The SMILES string of the molecule is N=C(N)c1ccc2[nH]c(-c3cc(C(CC=O)C(=O)O)cc(-c4cc(F)ccc4O)c3O)nc2c1. The van der Waals surface area contributed by atoms with Crippen molar-refractivity contribution >= 4 is 29.1 Å². The van der Waals surface area contributed by atoms with Crippen molar-refractivity contribution < 1.29 is 29.3 Å². The number of aromatic amines is 1. The molecule has 34 heavy (non-hydrogen) atoms. The van der Waals surface area contributed by atoms with Crippen LogP contribution in [0.2, 0.25) is 0 Å². The summed E-state index contributed by atoms with van der Waals surface area (Å²) in [6.07, 6.45) is 0.130. The van der Waals surface area contributed by atoms with Crippen LogP contribution in [0.1, 0.15) is 23.5 Å². The number of nitrogen functional groups attached to an aromatic ring is 1. The molecule has 0 saturated carbocycles. The van der Waals surface area contributed by atoms with Crippen LogP contribution >= 0.6 is 0 Å². The summed E-state index contributed by atoms with van der Waals surface area (Å²) >= 11 is 0. The van der Waals surface area contributed by atoms with Gasteiger partial charge in [0.15, 0.2) is 0 Å². The Morgan fingerprint density at radius 3 is 2.53 bits per heavy atom. The number of aliphatic carboxylic acids is 1. The highest BCUT2D eigenvalue weighted by Crippen LogP contribution is 2.43. The zero-order valence-electron chi connectivity index (χ0n) is 17.5. The molecule has 0 bridgehead atoms. The Morgan fingerprint density at radius 1 is 1.12 bits per heavy atom. The van der Waals surface area contributed by atoms with Gasteiger partial charge in [0.05, 0.1) is 22.5 Å². The third kappa shape index (κ3) is 4.04. The van der Waals surface area contributed by atoms with Crippen LogP contribution in [0, 0.1) is 11.2 Å². The van der Waals surface area contributed by atoms with E-state index >= 15 is 0 Å². The van der Waals surface area contributed by atoms with Gasteiger partial charge in [0, 0.05) is 23.1 Å². The molecular weight excluding hydrogens is 443 g/mol. The lowest BCUT2D eigenvalue weighted by Gasteiger charge is -2.16. The number of amidine groups is 1. The number of nitrogens with one attached hydrogen (secondary N) is 2. The third-order valence-corrected chi connectivity index (χ3v) is 5.46. The Bertz CT molecular complexity index is 1460. The van der Waals surface area contributed by atoms with Crippen LogP contribution in [-0.4, -0.2) is 43.4 Å². The highest BCUT2D eigenvalue weighted by atomic mass is 19.1. The number of benzene rings is 3. The van der Waals surface area contributed by atoms with E-state index in [0.717, 1.165) is 18.2 Å². The number of phenolic OH excluding ortho intramolecular Hbond substituents is 2. The minimum absolute atomic E-state index is 0.0356. The number of hydrogen-bond donors (Lipinski definition) is 6. The summed E-state index contributed by atoms with van der Waals surface area (Å²) in [5.41, 5.74) is 7.09. The summed E-state index contributed by atoms with van der Waals surface area (Å²) in [4.78, 5) is 30.4. The number of imidazole rings is 1. The topological polar surface area (TPSA) is 173 Å². The van der Waals surface area contributed by atoms with E-state index in [4.69, 9.17) is 11.1 Å². The molecule has 172 valence electrons. The fraction of sp³-hybridized carbons (Fsp3) is 0.0833. The van der Waals surface area contributed by atoms with E-state index in [-0.39, 0.29) is 51.8 Å². The number of rotatable bonds is 7. The second kappa shape index (κ2) is 8.66. The van der Waals surface area contributed by atoms with Gasteiger partial charge < -0.3 is 30.8 Å². The quantitative estimate of drug-likeness (QED) is 0.138. The normalized spacial score (nSPS) is 11.9. The molecule has 1 unspecified atom stereocenters. The summed E-state index contributed by atoms with van der Waals surface area (Å²) < 4.78 is 14.0. The molecule has 0 fully saturated rings. The van der Waals surface area contributed by atoms with Crippen molar-refractivity contribution in [3.05, 3.63) is 65.5 Å². The van der Waals surface area contributed by atoms with Crippen molar-refractivity contribution in [2.75, 3.05) is 0 Å². The van der Waals surface area contributed by atoms with Crippen LogP contribution in [0.5, 0.6) is 11.5 Å². The number of carbonyl (C=O) groups is 2. The van der Waals surface area contributed by atoms with Crippen molar-refractivity contribution in [3.8, 4) is 34.0 Å². The summed E-state index contributed by atoms with van der Waals surface area (Å²) in [6.45, 7) is 0. The summed E-state index contributed by atoms with van der Waals surface area (Å²) in [5, 5.41) is 38.6. The van der Waals surface area contributed by atoms with Crippen LogP contribution < -0.4 is 5.73 Å². The molecule has 7 N–H and O–H groups in total. The number of carboxylic acid groups (broad SMARTS) is 1. The van der Waals surface area contributed by atoms with Gasteiger partial charge in [-0.05, 0) is 54.1 Å². The van der Waals surface area contributed by atoms with Crippen LogP contribution in [-0.2, 0) is 9.59 Å². The molecule has 0 aliphatic carbocycles. The third-order valence-electron chi connectivity index (χ3n) is 5.46. The monoisotopic (exact) mass is 462 g/mol. The van der Waals surface area contributed by atoms with E-state index in [0.29, 0.717) is 22.9 Å². The molecule has 1 atom stereocenters. The molecule has 4 rings (SSSR count). The average molecular weight is 462 g/mol. The fourth-order valence-electron chi connectivity index (χ4n) is 3.74. The lowest BCUT2D eigenvalue weighted by molar-refractivity contribution is -0.139. The lowest BCUT2D eigenvalue weighted by atomic mass is 9.89. The number of hydrogen-bond acceptors (Lipinski definition) is 6. The molecule has 0 aliphatic rings. The maximum Gasteiger partial charge on any atom is 0.311 e. The van der Waals surface area contributed by atoms with E-state index in [1.165, 1.54) is 12.1 Å². The van der Waals surface area contributed by atoms with Gasteiger partial charge in [0.1, 0.15) is 35.3 Å². The highest BCUT2D eigenvalue weighted by Gasteiger charge is 2.25. The second-order valence-corrected chi connectivity index (χ2v) is 7.65. The number of H-pyrrole nitrogens is 1. The summed E-state index contributed by atoms with van der Waals surface area (Å²) in [6, 6.07) is 10.7. The van der Waals surface area contributed by atoms with E-state index in [1.807, 2.05) is 0 Å². The molecule has 1 aromatic heterocycles. The molecular formula is C24H19FN4O5. The summed E-state index contributed by atoms with van der Waals surface area (Å²) in [5.74, 6) is -3.92. The van der Waals surface area contributed by atoms with Crippen LogP contribution in [0.4, 0.5) is 4.39 Å². The number of carbonyl (C=O) groups excluding carboxylic acids is 1. The van der Waals surface area contributed by atoms with Gasteiger partial charge in [-0.1, -0.05) is 0 Å². The molecule has 0 spiro atoms. The van der Waals surface area contributed by atoms with Gasteiger partial charge in [-0.2, -0.15) is 0 Å². The Morgan fingerprint density at radius 2 is 1.85 bits per heavy atom. The number of fused-ring (bicyclic) bond motifs is 1. The number of halogens is 1. The smallest absolute Gasteiger partial charge is 0.311 e. The van der Waals surface area contributed by atoms with E-state index < -0.39 is 17.7 Å². The van der Waals surface area contributed by atoms with Gasteiger partial charge in [-0.15, -0.1) is 0 Å². The molecule has 0 saturated heterocycles. The maximum absolute atomic E-state index is 14.0. The largest absolute Gasteiger partial charge is 0.507 e. The van der Waals surface area contributed by atoms with Gasteiger partial charge in [-0.25, -0.2) is 9.37 Å². The minimum atomic E-state index is -1.27. The number of aldehydes is 1. The van der Waals surface area contributed by atoms with E-state index in [2.05, 4.69) is 9.97 Å². The zero-order valence-corrected chi connectivity index (χ0v) is 17.5. The zero-order chi connectivity index (χ0) is 24.6. The molecule has 3 aromatic carbocycles. The number of nitrogens with two attached hydrogens (primary N) is 1. The van der Waals surface area contributed by atoms with Crippen molar-refractivity contribution in [2.45, 2.75) is 12.3 Å². The van der Waals surface area contributed by atoms with Gasteiger partial charge in [-0.3, -0.25) is 10.2 Å². The first-order valence-corrected chi connectivity index (χ1v) is 10.1. The van der Waals surface area contributed by atoms with Crippen molar-refractivity contribution in [3.63, 3.8) is 0 Å². The molecule has 0 amide bonds. The first-order valence-electron chi connectivity index (χ1n) is 10.1. The van der Waals surface area contributed by atoms with E-state index in [9.17, 15) is 29.3 Å². The first kappa shape index (κ1) is 22.5. The van der Waals surface area contributed by atoms with Gasteiger partial charge in [0.2, 0.25) is 0 Å². The molecule has 1 heterocycles. The van der Waals surface area contributed by atoms with Crippen LogP contribution in [0.15, 0.2) is 48.5 Å². The Kier molecular flexibility index (Phi) is 5.72. The molecule has 0 radical (unpaired) electrons. The number of phenols is 2. The molecule has 0 aliphatic heterocycles. The van der Waals surface area contributed by atoms with Crippen LogP contribution in [0.3, 0.4) is 0 Å². The van der Waals surface area contributed by atoms with Gasteiger partial charge >= 0.3 is 5.97 Å². The number of aromatic hydroxyl groups is 2. The Labute approximate surface area is 191 Å². The van der Waals surface area contributed by atoms with Crippen LogP contribution in [0.25, 0.3) is 33.5 Å². The fourth-order valence-corrected chi connectivity index (χ4v) is 3.74. The Hall–Kier alpha value is -4.73. The molecule has 9 nitrogen and oxygen atoms in total. The standard InChI is InChI=1S/C24H19FN4O5/c25-13-2-4-20(31)15(10-13)16-7-12(14(5-6-30)24(33)34)8-17(21(16)32)23-28-18-3-1-11(22(26)27)9-19(18)29-23/h1-4,6-10,14,31-32H,5H2,(H3,26,27)(H,28,29)(H,33,34). The maximum atomic E-state index is 14.0. The molecule has 4 aromatic rings. The second-order valence-electron chi connectivity index (χ2n) is 7.65. The van der Waals surface area contributed by atoms with E-state index in [1.54, 1.807) is 18.2 Å². The van der Waals surface area contributed by atoms with Crippen molar-refractivity contribution in [1.82, 2.24) is 9.97 Å². The summed E-state index contributed by atoms with van der Waals surface area (Å²) in [7, 11) is 0.